The van der Waals surface area contributed by atoms with E-state index < -0.39 is 22.0 Å². The third-order valence-corrected chi connectivity index (χ3v) is 5.15. The molecule has 0 spiro atoms. The van der Waals surface area contributed by atoms with Gasteiger partial charge in [0.2, 0.25) is 21.8 Å². The summed E-state index contributed by atoms with van der Waals surface area (Å²) in [7, 11) is -2.59. The molecule has 1 aromatic rings. The van der Waals surface area contributed by atoms with Crippen LogP contribution in [0.25, 0.3) is 0 Å². The third-order valence-electron chi connectivity index (χ3n) is 3.46. The predicted molar refractivity (Wildman–Crippen MR) is 76.7 cm³/mol. The Morgan fingerprint density at radius 3 is 2.62 bits per heavy atom. The second-order valence-corrected chi connectivity index (χ2v) is 6.65. The Kier molecular flexibility index (Phi) is 4.02. The normalized spacial score (nSPS) is 19.9. The number of rotatable bonds is 3. The van der Waals surface area contributed by atoms with Crippen molar-refractivity contribution in [2.24, 2.45) is 0 Å². The molecule has 2 rings (SSSR count). The second kappa shape index (κ2) is 5.45. The van der Waals surface area contributed by atoms with Crippen molar-refractivity contribution < 1.29 is 18.0 Å². The predicted octanol–water partition coefficient (Wildman–Crippen LogP) is 0.00292. The minimum absolute atomic E-state index is 0.0302. The number of carbonyl (C=O) groups excluding carboxylic acids is 2. The summed E-state index contributed by atoms with van der Waals surface area (Å²) in [6, 6.07) is 3.82. The van der Waals surface area contributed by atoms with Crippen LogP contribution in [0, 0.1) is 6.92 Å². The van der Waals surface area contributed by atoms with Crippen molar-refractivity contribution >= 4 is 27.5 Å². The first-order valence-corrected chi connectivity index (χ1v) is 7.90. The number of nitrogens with one attached hydrogen (secondary N) is 1. The maximum atomic E-state index is 12.4. The molecule has 2 amide bonds. The van der Waals surface area contributed by atoms with Gasteiger partial charge in [-0.1, -0.05) is 12.1 Å². The summed E-state index contributed by atoms with van der Waals surface area (Å²) in [5.41, 5.74) is 6.34. The van der Waals surface area contributed by atoms with E-state index in [9.17, 15) is 18.0 Å². The SMILES string of the molecule is Cc1cccc(N)c1S(=O)(=O)NC1CCC(=O)N(C)C1=O. The monoisotopic (exact) mass is 311 g/mol. The van der Waals surface area contributed by atoms with Gasteiger partial charge >= 0.3 is 0 Å². The average Bonchev–Trinajstić information content (AvgIpc) is 2.39. The van der Waals surface area contributed by atoms with E-state index in [0.717, 1.165) is 4.90 Å². The topological polar surface area (TPSA) is 110 Å². The number of piperidine rings is 1. The van der Waals surface area contributed by atoms with Crippen LogP contribution >= 0.6 is 0 Å². The first-order chi connectivity index (χ1) is 9.74. The van der Waals surface area contributed by atoms with E-state index in [4.69, 9.17) is 5.73 Å². The first kappa shape index (κ1) is 15.5. The Balaban J connectivity index is 2.30. The van der Waals surface area contributed by atoms with Gasteiger partial charge < -0.3 is 5.73 Å². The molecule has 1 aliphatic rings. The minimum Gasteiger partial charge on any atom is -0.398 e. The summed E-state index contributed by atoms with van der Waals surface area (Å²) in [6.45, 7) is 1.63. The molecule has 0 aliphatic carbocycles. The highest BCUT2D eigenvalue weighted by molar-refractivity contribution is 7.89. The number of sulfonamides is 1. The smallest absolute Gasteiger partial charge is 0.247 e. The zero-order valence-corrected chi connectivity index (χ0v) is 12.6. The molecule has 0 saturated carbocycles. The van der Waals surface area contributed by atoms with E-state index in [1.165, 1.54) is 13.1 Å². The molecule has 7 nitrogen and oxygen atoms in total. The zero-order valence-electron chi connectivity index (χ0n) is 11.8. The lowest BCUT2D eigenvalue weighted by Crippen LogP contribution is -2.52. The highest BCUT2D eigenvalue weighted by Gasteiger charge is 2.35. The number of hydrogen-bond acceptors (Lipinski definition) is 5. The van der Waals surface area contributed by atoms with E-state index in [2.05, 4.69) is 4.72 Å². The number of anilines is 1. The number of likely N-dealkylation sites (N-methyl/N-ethyl adjacent to an activating group) is 1. The number of hydrogen-bond donors (Lipinski definition) is 2. The number of likely N-dealkylation sites (tertiary alicyclic amines) is 1. The molecule has 1 atom stereocenters. The molecule has 114 valence electrons. The number of amides is 2. The van der Waals surface area contributed by atoms with Crippen LogP contribution in [0.2, 0.25) is 0 Å². The number of nitrogens with zero attached hydrogens (tertiary/aromatic N) is 1. The molecule has 1 heterocycles. The van der Waals surface area contributed by atoms with E-state index >= 15 is 0 Å². The molecule has 21 heavy (non-hydrogen) atoms. The Hall–Kier alpha value is -1.93. The maximum absolute atomic E-state index is 12.4. The molecule has 8 heteroatoms. The molecule has 3 N–H and O–H groups in total. The number of benzene rings is 1. The van der Waals surface area contributed by atoms with Crippen LogP contribution < -0.4 is 10.5 Å². The van der Waals surface area contributed by atoms with Gasteiger partial charge in [-0.3, -0.25) is 14.5 Å². The number of nitrogens with two attached hydrogens (primary N) is 1. The largest absolute Gasteiger partial charge is 0.398 e. The summed E-state index contributed by atoms with van der Waals surface area (Å²) < 4.78 is 27.2. The van der Waals surface area contributed by atoms with Gasteiger partial charge in [0.05, 0.1) is 5.69 Å². The third kappa shape index (κ3) is 2.91. The average molecular weight is 311 g/mol. The Morgan fingerprint density at radius 1 is 1.33 bits per heavy atom. The molecule has 1 aliphatic heterocycles. The van der Waals surface area contributed by atoms with Crippen molar-refractivity contribution in [2.45, 2.75) is 30.7 Å². The summed E-state index contributed by atoms with van der Waals surface area (Å²) >= 11 is 0. The molecule has 0 radical (unpaired) electrons. The van der Waals surface area contributed by atoms with Crippen molar-refractivity contribution in [1.29, 1.82) is 0 Å². The molecule has 0 aromatic heterocycles. The van der Waals surface area contributed by atoms with Gasteiger partial charge in [-0.25, -0.2) is 8.42 Å². The van der Waals surface area contributed by atoms with E-state index in [1.54, 1.807) is 19.1 Å². The summed E-state index contributed by atoms with van der Waals surface area (Å²) in [5.74, 6) is -0.868. The van der Waals surface area contributed by atoms with Gasteiger partial charge in [0.15, 0.2) is 0 Å². The molecule has 1 aromatic carbocycles. The number of carbonyl (C=O) groups is 2. The minimum atomic E-state index is -3.93. The van der Waals surface area contributed by atoms with Crippen LogP contribution in [-0.4, -0.2) is 38.2 Å². The van der Waals surface area contributed by atoms with E-state index in [-0.39, 0.29) is 29.3 Å². The lowest BCUT2D eigenvalue weighted by molar-refractivity contribution is -0.147. The Bertz CT molecular complexity index is 679. The molecular weight excluding hydrogens is 294 g/mol. The van der Waals surface area contributed by atoms with Crippen molar-refractivity contribution in [3.8, 4) is 0 Å². The highest BCUT2D eigenvalue weighted by Crippen LogP contribution is 2.23. The maximum Gasteiger partial charge on any atom is 0.247 e. The summed E-state index contributed by atoms with van der Waals surface area (Å²) in [4.78, 5) is 24.3. The second-order valence-electron chi connectivity index (χ2n) is 5.00. The Labute approximate surface area is 123 Å². The molecule has 1 saturated heterocycles. The van der Waals surface area contributed by atoms with Gasteiger partial charge in [0, 0.05) is 13.5 Å². The highest BCUT2D eigenvalue weighted by atomic mass is 32.2. The summed E-state index contributed by atoms with van der Waals surface area (Å²) in [5, 5.41) is 0. The lowest BCUT2D eigenvalue weighted by atomic mass is 10.1. The molecule has 1 fully saturated rings. The van der Waals surface area contributed by atoms with Crippen LogP contribution in [0.3, 0.4) is 0 Å². The van der Waals surface area contributed by atoms with Crippen LogP contribution in [0.4, 0.5) is 5.69 Å². The molecule has 1 unspecified atom stereocenters. The molecular formula is C13H17N3O4S. The number of imide groups is 1. The first-order valence-electron chi connectivity index (χ1n) is 6.42. The number of nitrogen functional groups attached to an aromatic ring is 1. The molecule has 0 bridgehead atoms. The van der Waals surface area contributed by atoms with Crippen molar-refractivity contribution in [1.82, 2.24) is 9.62 Å². The van der Waals surface area contributed by atoms with Crippen LogP contribution in [-0.2, 0) is 19.6 Å². The fourth-order valence-corrected chi connectivity index (χ4v) is 3.89. The van der Waals surface area contributed by atoms with Gasteiger partial charge in [-0.05, 0) is 25.0 Å². The van der Waals surface area contributed by atoms with Crippen molar-refractivity contribution in [2.75, 3.05) is 12.8 Å². The van der Waals surface area contributed by atoms with Gasteiger partial charge in [0.1, 0.15) is 10.9 Å². The fourth-order valence-electron chi connectivity index (χ4n) is 2.31. The van der Waals surface area contributed by atoms with Crippen molar-refractivity contribution in [3.05, 3.63) is 23.8 Å². The van der Waals surface area contributed by atoms with Crippen LogP contribution in [0.15, 0.2) is 23.1 Å². The van der Waals surface area contributed by atoms with Gasteiger partial charge in [-0.2, -0.15) is 4.72 Å². The fraction of sp³-hybridized carbons (Fsp3) is 0.385. The van der Waals surface area contributed by atoms with Crippen LogP contribution in [0.5, 0.6) is 0 Å². The van der Waals surface area contributed by atoms with E-state index in [0.29, 0.717) is 5.56 Å². The van der Waals surface area contributed by atoms with Crippen LogP contribution in [0.1, 0.15) is 18.4 Å². The Morgan fingerprint density at radius 2 is 2.00 bits per heavy atom. The van der Waals surface area contributed by atoms with Gasteiger partial charge in [0.25, 0.3) is 0 Å². The van der Waals surface area contributed by atoms with E-state index in [1.807, 2.05) is 0 Å². The standard InChI is InChI=1S/C13H17N3O4S/c1-8-4-3-5-9(14)12(8)21(19,20)15-10-6-7-11(17)16(2)13(10)18/h3-5,10,15H,6-7,14H2,1-2H3. The quantitative estimate of drug-likeness (QED) is 0.603. The van der Waals surface area contributed by atoms with Gasteiger partial charge in [-0.15, -0.1) is 0 Å². The number of aryl methyl sites for hydroxylation is 1. The van der Waals surface area contributed by atoms with Crippen molar-refractivity contribution in [3.63, 3.8) is 0 Å². The zero-order chi connectivity index (χ0) is 15.8. The summed E-state index contributed by atoms with van der Waals surface area (Å²) in [6.07, 6.45) is 0.270. The lowest BCUT2D eigenvalue weighted by Gasteiger charge is -2.28.